The Bertz CT molecular complexity index is 487. The van der Waals surface area contributed by atoms with Gasteiger partial charge in [-0.2, -0.15) is 0 Å². The summed E-state index contributed by atoms with van der Waals surface area (Å²) in [7, 11) is 3.23. The summed E-state index contributed by atoms with van der Waals surface area (Å²) in [6, 6.07) is 4.53. The van der Waals surface area contributed by atoms with E-state index in [1.54, 1.807) is 26.2 Å². The van der Waals surface area contributed by atoms with Crippen LogP contribution in [-0.2, 0) is 0 Å². The van der Waals surface area contributed by atoms with Gasteiger partial charge in [-0.1, -0.05) is 19.8 Å². The van der Waals surface area contributed by atoms with Crippen molar-refractivity contribution < 1.29 is 9.72 Å². The fraction of sp³-hybridized carbons (Fsp3) is 0.500. The van der Waals surface area contributed by atoms with Crippen LogP contribution < -0.4 is 5.32 Å². The van der Waals surface area contributed by atoms with Gasteiger partial charge in [0.15, 0.2) is 0 Å². The van der Waals surface area contributed by atoms with Crippen LogP contribution in [0.5, 0.6) is 0 Å². The third kappa shape index (κ3) is 4.22. The summed E-state index contributed by atoms with van der Waals surface area (Å²) in [5.74, 6) is -0.245. The van der Waals surface area contributed by atoms with Crippen LogP contribution in [0.2, 0.25) is 0 Å². The minimum Gasteiger partial charge on any atom is -0.379 e. The molecule has 0 saturated carbocycles. The van der Waals surface area contributed by atoms with E-state index in [1.807, 2.05) is 0 Å². The number of hydrogen-bond acceptors (Lipinski definition) is 4. The summed E-state index contributed by atoms with van der Waals surface area (Å²) < 4.78 is 0. The van der Waals surface area contributed by atoms with Crippen molar-refractivity contribution in [1.29, 1.82) is 0 Å². The molecule has 1 N–H and O–H groups in total. The molecule has 0 heterocycles. The smallest absolute Gasteiger partial charge is 0.293 e. The Balaban J connectivity index is 2.91. The third-order valence-electron chi connectivity index (χ3n) is 2.94. The van der Waals surface area contributed by atoms with E-state index in [1.165, 1.54) is 11.0 Å². The van der Waals surface area contributed by atoms with Crippen LogP contribution >= 0.6 is 0 Å². The molecule has 1 aromatic rings. The molecule has 20 heavy (non-hydrogen) atoms. The molecule has 6 nitrogen and oxygen atoms in total. The number of hydrogen-bond donors (Lipinski definition) is 1. The molecular weight excluding hydrogens is 258 g/mol. The Labute approximate surface area is 118 Å². The van der Waals surface area contributed by atoms with Gasteiger partial charge in [-0.05, 0) is 18.6 Å². The molecule has 1 aromatic carbocycles. The van der Waals surface area contributed by atoms with Crippen LogP contribution in [-0.4, -0.2) is 36.4 Å². The zero-order valence-corrected chi connectivity index (χ0v) is 12.2. The second-order valence-electron chi connectivity index (χ2n) is 4.82. The summed E-state index contributed by atoms with van der Waals surface area (Å²) in [6.07, 6.45) is 3.14. The number of nitro benzene ring substituents is 1. The standard InChI is InChI=1S/C14H21N3O3/c1-4-5-6-9-15-12-8-7-11(14(18)16(2)3)10-13(12)17(19)20/h7-8,10,15H,4-6,9H2,1-3H3. The maximum Gasteiger partial charge on any atom is 0.293 e. The highest BCUT2D eigenvalue weighted by Gasteiger charge is 2.18. The average Bonchev–Trinajstić information content (AvgIpc) is 2.42. The highest BCUT2D eigenvalue weighted by molar-refractivity contribution is 5.95. The first-order valence-electron chi connectivity index (χ1n) is 6.71. The Morgan fingerprint density at radius 3 is 2.60 bits per heavy atom. The van der Waals surface area contributed by atoms with Crippen LogP contribution in [0.15, 0.2) is 18.2 Å². The van der Waals surface area contributed by atoms with Crippen molar-refractivity contribution in [2.45, 2.75) is 26.2 Å². The summed E-state index contributed by atoms with van der Waals surface area (Å²) in [5, 5.41) is 14.2. The van der Waals surface area contributed by atoms with Crippen LogP contribution in [0.1, 0.15) is 36.5 Å². The van der Waals surface area contributed by atoms with E-state index >= 15 is 0 Å². The molecule has 0 atom stereocenters. The lowest BCUT2D eigenvalue weighted by Gasteiger charge is -2.12. The van der Waals surface area contributed by atoms with Crippen LogP contribution in [0.25, 0.3) is 0 Å². The van der Waals surface area contributed by atoms with E-state index in [-0.39, 0.29) is 11.6 Å². The summed E-state index contributed by atoms with van der Waals surface area (Å²) in [5.41, 5.74) is 0.719. The Morgan fingerprint density at radius 1 is 1.35 bits per heavy atom. The van der Waals surface area contributed by atoms with E-state index in [9.17, 15) is 14.9 Å². The zero-order chi connectivity index (χ0) is 15.1. The van der Waals surface area contributed by atoms with Gasteiger partial charge < -0.3 is 10.2 Å². The molecule has 0 bridgehead atoms. The number of rotatable bonds is 7. The molecule has 0 aliphatic rings. The summed E-state index contributed by atoms with van der Waals surface area (Å²) >= 11 is 0. The second kappa shape index (κ2) is 7.47. The summed E-state index contributed by atoms with van der Waals surface area (Å²) in [6.45, 7) is 2.79. The highest BCUT2D eigenvalue weighted by Crippen LogP contribution is 2.26. The van der Waals surface area contributed by atoms with Crippen molar-refractivity contribution >= 4 is 17.3 Å². The number of carbonyl (C=O) groups excluding carboxylic acids is 1. The van der Waals surface area contributed by atoms with Gasteiger partial charge in [0, 0.05) is 32.3 Å². The number of nitro groups is 1. The predicted molar refractivity (Wildman–Crippen MR) is 79.1 cm³/mol. The molecule has 0 aliphatic heterocycles. The average molecular weight is 279 g/mol. The van der Waals surface area contributed by atoms with Gasteiger partial charge in [-0.15, -0.1) is 0 Å². The first-order valence-corrected chi connectivity index (χ1v) is 6.71. The van der Waals surface area contributed by atoms with Gasteiger partial charge in [0.2, 0.25) is 0 Å². The monoisotopic (exact) mass is 279 g/mol. The maximum atomic E-state index is 11.8. The molecule has 0 radical (unpaired) electrons. The molecule has 0 saturated heterocycles. The molecule has 1 rings (SSSR count). The van der Waals surface area contributed by atoms with Crippen molar-refractivity contribution in [3.8, 4) is 0 Å². The van der Waals surface area contributed by atoms with Gasteiger partial charge >= 0.3 is 0 Å². The van der Waals surface area contributed by atoms with Gasteiger partial charge in [-0.3, -0.25) is 14.9 Å². The lowest BCUT2D eigenvalue weighted by Crippen LogP contribution is -2.21. The number of nitrogens with one attached hydrogen (secondary N) is 1. The minimum atomic E-state index is -0.464. The first-order chi connectivity index (χ1) is 9.47. The summed E-state index contributed by atoms with van der Waals surface area (Å²) in [4.78, 5) is 23.8. The van der Waals surface area contributed by atoms with E-state index in [2.05, 4.69) is 12.2 Å². The normalized spacial score (nSPS) is 10.2. The first kappa shape index (κ1) is 15.9. The van der Waals surface area contributed by atoms with Crippen LogP contribution in [0, 0.1) is 10.1 Å². The van der Waals surface area contributed by atoms with E-state index < -0.39 is 4.92 Å². The number of carbonyl (C=O) groups is 1. The molecule has 0 spiro atoms. The quantitative estimate of drug-likeness (QED) is 0.473. The van der Waals surface area contributed by atoms with Crippen molar-refractivity contribution in [2.24, 2.45) is 0 Å². The molecule has 6 heteroatoms. The largest absolute Gasteiger partial charge is 0.379 e. The van der Waals surface area contributed by atoms with Gasteiger partial charge in [-0.25, -0.2) is 0 Å². The van der Waals surface area contributed by atoms with Gasteiger partial charge in [0.1, 0.15) is 5.69 Å². The highest BCUT2D eigenvalue weighted by atomic mass is 16.6. The fourth-order valence-corrected chi connectivity index (χ4v) is 1.82. The predicted octanol–water partition coefficient (Wildman–Crippen LogP) is 2.90. The minimum absolute atomic E-state index is 0.0609. The third-order valence-corrected chi connectivity index (χ3v) is 2.94. The number of nitrogens with zero attached hydrogens (tertiary/aromatic N) is 2. The number of benzene rings is 1. The zero-order valence-electron chi connectivity index (χ0n) is 12.2. The van der Waals surface area contributed by atoms with Crippen LogP contribution in [0.3, 0.4) is 0 Å². The Morgan fingerprint density at radius 2 is 2.05 bits per heavy atom. The molecule has 0 aliphatic carbocycles. The molecule has 0 fully saturated rings. The Kier molecular flexibility index (Phi) is 5.96. The van der Waals surface area contributed by atoms with Crippen molar-refractivity contribution in [3.05, 3.63) is 33.9 Å². The Hall–Kier alpha value is -2.11. The fourth-order valence-electron chi connectivity index (χ4n) is 1.82. The molecule has 0 unspecified atom stereocenters. The molecule has 1 amide bonds. The van der Waals surface area contributed by atoms with E-state index in [0.717, 1.165) is 19.3 Å². The van der Waals surface area contributed by atoms with E-state index in [0.29, 0.717) is 17.8 Å². The lowest BCUT2D eigenvalue weighted by atomic mass is 10.1. The van der Waals surface area contributed by atoms with Gasteiger partial charge in [0.05, 0.1) is 4.92 Å². The number of amides is 1. The topological polar surface area (TPSA) is 75.5 Å². The molecular formula is C14H21N3O3. The molecule has 0 aromatic heterocycles. The number of anilines is 1. The number of unbranched alkanes of at least 4 members (excludes halogenated alkanes) is 2. The lowest BCUT2D eigenvalue weighted by molar-refractivity contribution is -0.384. The van der Waals surface area contributed by atoms with Crippen molar-refractivity contribution in [3.63, 3.8) is 0 Å². The van der Waals surface area contributed by atoms with Crippen molar-refractivity contribution in [2.75, 3.05) is 26.0 Å². The maximum absolute atomic E-state index is 11.8. The second-order valence-corrected chi connectivity index (χ2v) is 4.82. The van der Waals surface area contributed by atoms with E-state index in [4.69, 9.17) is 0 Å². The van der Waals surface area contributed by atoms with Gasteiger partial charge in [0.25, 0.3) is 11.6 Å². The SMILES string of the molecule is CCCCCNc1ccc(C(=O)N(C)C)cc1[N+](=O)[O-]. The van der Waals surface area contributed by atoms with Crippen molar-refractivity contribution in [1.82, 2.24) is 4.90 Å². The molecule has 110 valence electrons. The van der Waals surface area contributed by atoms with Crippen LogP contribution in [0.4, 0.5) is 11.4 Å².